The summed E-state index contributed by atoms with van der Waals surface area (Å²) in [7, 11) is 2.03. The molecular weight excluding hydrogens is 486 g/mol. The molecule has 1 spiro atoms. The van der Waals surface area contributed by atoms with Gasteiger partial charge in [0.2, 0.25) is 6.10 Å². The summed E-state index contributed by atoms with van der Waals surface area (Å²) in [6.07, 6.45) is 2.14. The van der Waals surface area contributed by atoms with Crippen molar-refractivity contribution in [1.29, 1.82) is 0 Å². The number of carbonyl (C=O) groups is 2. The number of piperidine rings is 1. The van der Waals surface area contributed by atoms with Crippen LogP contribution in [-0.4, -0.2) is 58.4 Å². The van der Waals surface area contributed by atoms with Crippen LogP contribution in [0.25, 0.3) is 0 Å². The van der Waals surface area contributed by atoms with E-state index in [1.54, 1.807) is 30.3 Å². The Bertz CT molecular complexity index is 1310. The van der Waals surface area contributed by atoms with E-state index in [1.165, 1.54) is 0 Å². The van der Waals surface area contributed by atoms with Crippen molar-refractivity contribution in [3.63, 3.8) is 0 Å². The first-order valence-corrected chi connectivity index (χ1v) is 13.4. The van der Waals surface area contributed by atoms with Crippen LogP contribution in [0.2, 0.25) is 0 Å². The monoisotopic (exact) mass is 519 g/mol. The SMILES string of the molecule is CCCC(=O)O[C@H](C(=O)OC1=CC[C@@]2(O)[C@H]3Cc4ccc(CO)c5c4C2(CCN3C)C1O5)c1ccccc1. The lowest BCUT2D eigenvalue weighted by Gasteiger charge is -2.61. The molecule has 2 aliphatic carbocycles. The summed E-state index contributed by atoms with van der Waals surface area (Å²) in [6.45, 7) is 2.42. The number of hydrogen-bond donors (Lipinski definition) is 2. The Hall–Kier alpha value is -3.20. The van der Waals surface area contributed by atoms with Crippen LogP contribution in [0.3, 0.4) is 0 Å². The number of hydrogen-bond acceptors (Lipinski definition) is 8. The minimum absolute atomic E-state index is 0.124. The van der Waals surface area contributed by atoms with Crippen LogP contribution in [-0.2, 0) is 37.5 Å². The average molecular weight is 520 g/mol. The fourth-order valence-corrected chi connectivity index (χ4v) is 7.08. The highest BCUT2D eigenvalue weighted by Crippen LogP contribution is 2.64. The molecule has 200 valence electrons. The molecule has 0 aromatic heterocycles. The summed E-state index contributed by atoms with van der Waals surface area (Å²) < 4.78 is 18.1. The van der Waals surface area contributed by atoms with E-state index in [9.17, 15) is 19.8 Å². The van der Waals surface area contributed by atoms with Gasteiger partial charge in [0, 0.05) is 35.6 Å². The fourth-order valence-electron chi connectivity index (χ4n) is 7.08. The Balaban J connectivity index is 1.39. The van der Waals surface area contributed by atoms with E-state index >= 15 is 0 Å². The topological polar surface area (TPSA) is 106 Å². The number of likely N-dealkylation sites (tertiary alicyclic amines) is 1. The number of aliphatic hydroxyl groups is 2. The number of nitrogens with zero attached hydrogens (tertiary/aromatic N) is 1. The molecule has 0 amide bonds. The van der Waals surface area contributed by atoms with E-state index in [2.05, 4.69) is 4.90 Å². The van der Waals surface area contributed by atoms with Crippen LogP contribution < -0.4 is 4.74 Å². The van der Waals surface area contributed by atoms with Gasteiger partial charge in [0.1, 0.15) is 11.5 Å². The smallest absolute Gasteiger partial charge is 0.357 e. The van der Waals surface area contributed by atoms with Gasteiger partial charge in [0.15, 0.2) is 6.10 Å². The van der Waals surface area contributed by atoms with Crippen molar-refractivity contribution in [2.45, 2.75) is 74.9 Å². The van der Waals surface area contributed by atoms with Gasteiger partial charge in [-0.2, -0.15) is 0 Å². The van der Waals surface area contributed by atoms with Crippen LogP contribution in [0.4, 0.5) is 0 Å². The normalized spacial score (nSPS) is 29.5. The lowest BCUT2D eigenvalue weighted by Crippen LogP contribution is -2.74. The van der Waals surface area contributed by atoms with Crippen molar-refractivity contribution in [2.24, 2.45) is 0 Å². The quantitative estimate of drug-likeness (QED) is 0.538. The van der Waals surface area contributed by atoms with Gasteiger partial charge in [-0.25, -0.2) is 4.79 Å². The Kier molecular flexibility index (Phi) is 6.09. The van der Waals surface area contributed by atoms with E-state index in [0.29, 0.717) is 48.3 Å². The van der Waals surface area contributed by atoms with Crippen LogP contribution in [0.1, 0.15) is 61.0 Å². The fraction of sp³-hybridized carbons (Fsp3) is 0.467. The van der Waals surface area contributed by atoms with Crippen molar-refractivity contribution in [1.82, 2.24) is 4.90 Å². The molecule has 2 bridgehead atoms. The molecule has 2 heterocycles. The first kappa shape index (κ1) is 25.1. The van der Waals surface area contributed by atoms with Gasteiger partial charge in [-0.15, -0.1) is 0 Å². The number of esters is 2. The van der Waals surface area contributed by atoms with E-state index in [4.69, 9.17) is 14.2 Å². The number of aliphatic hydroxyl groups excluding tert-OH is 1. The molecule has 6 rings (SSSR count). The van der Waals surface area contributed by atoms with Crippen molar-refractivity contribution < 1.29 is 34.0 Å². The second-order valence-corrected chi connectivity index (χ2v) is 10.9. The summed E-state index contributed by atoms with van der Waals surface area (Å²) in [5.41, 5.74) is 1.24. The number of carbonyl (C=O) groups excluding carboxylic acids is 2. The standard InChI is InChI=1S/C30H33NO7/c1-3-7-23(33)37-26(18-8-5-4-6-9-18)28(34)36-21-12-13-30(35)22-16-19-10-11-20(17-32)25-24(19)29(30,27(21)38-25)14-15-31(22)2/h4-6,8-12,22,26-27,32,35H,3,7,13-17H2,1-2H3/t22-,26+,27?,29?,30-/m1/s1. The van der Waals surface area contributed by atoms with Crippen LogP contribution in [0, 0.1) is 0 Å². The molecule has 1 fully saturated rings. The zero-order valence-corrected chi connectivity index (χ0v) is 21.7. The van der Waals surface area contributed by atoms with Crippen molar-refractivity contribution in [3.8, 4) is 5.75 Å². The number of rotatable bonds is 7. The van der Waals surface area contributed by atoms with Gasteiger partial charge < -0.3 is 29.3 Å². The highest BCUT2D eigenvalue weighted by Gasteiger charge is 2.72. The Morgan fingerprint density at radius 1 is 1.21 bits per heavy atom. The summed E-state index contributed by atoms with van der Waals surface area (Å²) in [4.78, 5) is 28.2. The van der Waals surface area contributed by atoms with Crippen molar-refractivity contribution >= 4 is 11.9 Å². The number of ether oxygens (including phenoxy) is 3. The van der Waals surface area contributed by atoms with Crippen molar-refractivity contribution in [3.05, 3.63) is 76.6 Å². The second kappa shape index (κ2) is 9.22. The summed E-state index contributed by atoms with van der Waals surface area (Å²) >= 11 is 0. The molecule has 38 heavy (non-hydrogen) atoms. The largest absolute Gasteiger partial charge is 0.481 e. The number of likely N-dealkylation sites (N-methyl/N-ethyl adjacent to an activating group) is 1. The van der Waals surface area contributed by atoms with Crippen molar-refractivity contribution in [2.75, 3.05) is 13.6 Å². The minimum Gasteiger partial charge on any atom is -0.481 e. The molecule has 2 unspecified atom stereocenters. The van der Waals surface area contributed by atoms with Gasteiger partial charge in [-0.3, -0.25) is 4.79 Å². The Morgan fingerprint density at radius 2 is 2.00 bits per heavy atom. The van der Waals surface area contributed by atoms with Gasteiger partial charge in [0.05, 0.1) is 17.6 Å². The van der Waals surface area contributed by atoms with Gasteiger partial charge in [-0.1, -0.05) is 49.4 Å². The molecule has 2 aromatic carbocycles. The molecule has 8 nitrogen and oxygen atoms in total. The summed E-state index contributed by atoms with van der Waals surface area (Å²) in [5, 5.41) is 22.4. The first-order valence-electron chi connectivity index (χ1n) is 13.4. The molecule has 5 atom stereocenters. The van der Waals surface area contributed by atoms with E-state index in [1.807, 2.05) is 32.2 Å². The lowest BCUT2D eigenvalue weighted by atomic mass is 9.50. The van der Waals surface area contributed by atoms with Gasteiger partial charge in [-0.05, 0) is 44.5 Å². The minimum atomic E-state index is -1.22. The first-order chi connectivity index (χ1) is 18.3. The summed E-state index contributed by atoms with van der Waals surface area (Å²) in [5.74, 6) is -0.301. The molecule has 2 aromatic rings. The third kappa shape index (κ3) is 3.47. The number of benzene rings is 2. The third-order valence-electron chi connectivity index (χ3n) is 8.86. The molecule has 2 aliphatic heterocycles. The molecule has 4 aliphatic rings. The Morgan fingerprint density at radius 3 is 2.74 bits per heavy atom. The molecular formula is C30H33NO7. The summed E-state index contributed by atoms with van der Waals surface area (Å²) in [6, 6.07) is 12.6. The zero-order chi connectivity index (χ0) is 26.7. The predicted molar refractivity (Wildman–Crippen MR) is 137 cm³/mol. The second-order valence-electron chi connectivity index (χ2n) is 10.9. The lowest BCUT2D eigenvalue weighted by molar-refractivity contribution is -0.176. The van der Waals surface area contributed by atoms with Crippen LogP contribution in [0.15, 0.2) is 54.3 Å². The van der Waals surface area contributed by atoms with E-state index in [0.717, 1.165) is 17.7 Å². The molecule has 0 radical (unpaired) electrons. The maximum atomic E-state index is 13.6. The van der Waals surface area contributed by atoms with Crippen LogP contribution in [0.5, 0.6) is 5.75 Å². The highest BCUT2D eigenvalue weighted by atomic mass is 16.6. The zero-order valence-electron chi connectivity index (χ0n) is 21.7. The van der Waals surface area contributed by atoms with Gasteiger partial charge >= 0.3 is 11.9 Å². The molecule has 0 saturated carbocycles. The van der Waals surface area contributed by atoms with E-state index in [-0.39, 0.29) is 19.1 Å². The highest BCUT2D eigenvalue weighted by molar-refractivity contribution is 5.81. The molecule has 8 heteroatoms. The predicted octanol–water partition coefficient (Wildman–Crippen LogP) is 3.08. The maximum Gasteiger partial charge on any atom is 0.357 e. The Labute approximate surface area is 221 Å². The maximum absolute atomic E-state index is 13.6. The molecule has 1 saturated heterocycles. The molecule has 2 N–H and O–H groups in total. The van der Waals surface area contributed by atoms with E-state index < -0.39 is 35.2 Å². The van der Waals surface area contributed by atoms with Gasteiger partial charge in [0.25, 0.3) is 0 Å². The van der Waals surface area contributed by atoms with Crippen LogP contribution >= 0.6 is 0 Å². The average Bonchev–Trinajstić information content (AvgIpc) is 3.27. The third-order valence-corrected chi connectivity index (χ3v) is 8.86.